The summed E-state index contributed by atoms with van der Waals surface area (Å²) in [6, 6.07) is 16.4. The van der Waals surface area contributed by atoms with Crippen LogP contribution in [0, 0.1) is 41.4 Å². The van der Waals surface area contributed by atoms with Gasteiger partial charge in [0.05, 0.1) is 25.9 Å². The second-order valence-corrected chi connectivity index (χ2v) is 20.7. The van der Waals surface area contributed by atoms with Crippen LogP contribution >= 0.6 is 0 Å². The number of hydrogen-bond donors (Lipinski definition) is 5. The molecule has 9 nitrogen and oxygen atoms in total. The van der Waals surface area contributed by atoms with E-state index in [1.165, 1.54) is 31.3 Å². The first-order chi connectivity index (χ1) is 32.1. The number of nitrogens with zero attached hydrogens (tertiary/aromatic N) is 1. The fourth-order valence-electron chi connectivity index (χ4n) is 12.8. The Hall–Kier alpha value is -5.04. The van der Waals surface area contributed by atoms with Gasteiger partial charge in [-0.2, -0.15) is 0 Å². The molecule has 3 aromatic rings. The number of fused-ring (bicyclic) bond motifs is 10. The van der Waals surface area contributed by atoms with Crippen LogP contribution in [0.5, 0.6) is 17.2 Å². The number of phenols is 2. The van der Waals surface area contributed by atoms with Crippen molar-refractivity contribution in [2.24, 2.45) is 40.3 Å². The van der Waals surface area contributed by atoms with Gasteiger partial charge in [-0.15, -0.1) is 0 Å². The number of rotatable bonds is 12. The Morgan fingerprint density at radius 3 is 2.58 bits per heavy atom. The van der Waals surface area contributed by atoms with Gasteiger partial charge < -0.3 is 35.8 Å². The summed E-state index contributed by atoms with van der Waals surface area (Å²) in [5.74, 6) is 9.38. The predicted molar refractivity (Wildman–Crippen MR) is 261 cm³/mol. The second-order valence-electron chi connectivity index (χ2n) is 20.7. The molecule has 350 valence electrons. The molecule has 1 aliphatic heterocycles. The maximum absolute atomic E-state index is 13.9. The number of carbonyl (C=O) groups is 1. The van der Waals surface area contributed by atoms with E-state index in [0.29, 0.717) is 56.0 Å². The standard InChI is InChI=1S/C57H71N3O6/c1-35-21-49-42-25-40(27-46(63)29-42)24-37-11-7-12-38(23-37)32-59-57(58)60-44-13-8-16-48-41(19-20-45(62)26-39(33-61)18-17-36-9-3-4-10-36)31-53(66-47-14-5-6-15-47)56(64)55(48)54-51(22-35)50(49)30-43(28-44)52(54)34-65-2/h7,11-12,23,25-27,29-31,35-36,43-44,47,49,51-52,54,61,63-64H,3-6,9-10,13-15,17-22,24,28,32-34H2,1-2H3,(H3,58,59,60)/b39-26-/t35-,43-,44-,49-,51+,52-,54-/m0/s1. The SMILES string of the molecule is COC[C@@H]1[C@H]2c3c(O)c(OC4CCCC4)cc(CCC(=O)/C=C(\CO)CCC4CCCC4)c3C#CC[C@H]3C[C@H]1C=C1[C@@H](C[C@H](C)C[C@H]12)c1cc(O)cc(c1)Cc1cccc(c1)CN=C(N)N3. The molecule has 7 atom stereocenters. The molecule has 3 saturated carbocycles. The van der Waals surface area contributed by atoms with Gasteiger partial charge in [0.1, 0.15) is 5.75 Å². The Bertz CT molecular complexity index is 2400. The summed E-state index contributed by atoms with van der Waals surface area (Å²) in [5.41, 5.74) is 15.8. The fraction of sp³-hybridized carbons (Fsp3) is 0.544. The minimum absolute atomic E-state index is 0.00406. The van der Waals surface area contributed by atoms with Crippen molar-refractivity contribution in [2.75, 3.05) is 20.3 Å². The Labute approximate surface area is 392 Å². The highest BCUT2D eigenvalue weighted by molar-refractivity contribution is 5.90. The number of hydrogen-bond acceptors (Lipinski definition) is 9. The maximum atomic E-state index is 13.9. The van der Waals surface area contributed by atoms with Crippen molar-refractivity contribution in [3.63, 3.8) is 0 Å². The van der Waals surface area contributed by atoms with Crippen LogP contribution in [0.15, 0.2) is 76.8 Å². The van der Waals surface area contributed by atoms with Crippen molar-refractivity contribution in [3.8, 4) is 29.1 Å². The number of phenolic OH excluding ortho intramolecular Hbond substituents is 2. The molecule has 5 aliphatic carbocycles. The third-order valence-corrected chi connectivity index (χ3v) is 15.9. The number of aromatic hydroxyl groups is 2. The quantitative estimate of drug-likeness (QED) is 0.0686. The summed E-state index contributed by atoms with van der Waals surface area (Å²) in [7, 11) is 1.77. The number of methoxy groups -OCH3 is 1. The van der Waals surface area contributed by atoms with E-state index in [-0.39, 0.29) is 72.0 Å². The molecular formula is C57H71N3O6. The molecule has 0 amide bonds. The average Bonchev–Trinajstić information content (AvgIpc) is 4.03. The number of aliphatic imine (C=N–C) groups is 1. The highest BCUT2D eigenvalue weighted by Crippen LogP contribution is 2.59. The zero-order valence-electron chi connectivity index (χ0n) is 39.2. The third-order valence-electron chi connectivity index (χ3n) is 15.9. The van der Waals surface area contributed by atoms with Gasteiger partial charge in [0.2, 0.25) is 0 Å². The Balaban J connectivity index is 1.19. The molecule has 1 heterocycles. The summed E-state index contributed by atoms with van der Waals surface area (Å²) in [5, 5.41) is 38.2. The summed E-state index contributed by atoms with van der Waals surface area (Å²) >= 11 is 0. The molecule has 8 bridgehead atoms. The Morgan fingerprint density at radius 1 is 0.970 bits per heavy atom. The molecule has 3 fully saturated rings. The molecule has 0 radical (unpaired) electrons. The summed E-state index contributed by atoms with van der Waals surface area (Å²) in [4.78, 5) is 18.7. The van der Waals surface area contributed by atoms with E-state index in [1.807, 2.05) is 18.2 Å². The number of carbonyl (C=O) groups excluding carboxylic acids is 1. The van der Waals surface area contributed by atoms with E-state index >= 15 is 0 Å². The molecular weight excluding hydrogens is 823 g/mol. The van der Waals surface area contributed by atoms with E-state index in [4.69, 9.17) is 20.2 Å². The predicted octanol–water partition coefficient (Wildman–Crippen LogP) is 10.1. The number of nitrogens with two attached hydrogens (primary N) is 1. The van der Waals surface area contributed by atoms with Crippen LogP contribution in [0.4, 0.5) is 0 Å². The fourth-order valence-corrected chi connectivity index (χ4v) is 12.8. The smallest absolute Gasteiger partial charge is 0.189 e. The summed E-state index contributed by atoms with van der Waals surface area (Å²) < 4.78 is 13.0. The number of aliphatic hydroxyl groups excluding tert-OH is 1. The monoisotopic (exact) mass is 894 g/mol. The van der Waals surface area contributed by atoms with Crippen LogP contribution < -0.4 is 15.8 Å². The van der Waals surface area contributed by atoms with Crippen molar-refractivity contribution in [1.82, 2.24) is 5.32 Å². The van der Waals surface area contributed by atoms with Crippen LogP contribution in [-0.4, -0.2) is 59.5 Å². The lowest BCUT2D eigenvalue weighted by Gasteiger charge is -2.50. The first kappa shape index (κ1) is 46.1. The topological polar surface area (TPSA) is 147 Å². The molecule has 0 aromatic heterocycles. The van der Waals surface area contributed by atoms with E-state index in [1.54, 1.807) is 13.2 Å². The van der Waals surface area contributed by atoms with E-state index in [9.17, 15) is 20.1 Å². The number of nitrogens with one attached hydrogen (secondary N) is 1. The minimum Gasteiger partial charge on any atom is -0.508 e. The van der Waals surface area contributed by atoms with Crippen LogP contribution in [0.2, 0.25) is 0 Å². The molecule has 9 rings (SSSR count). The van der Waals surface area contributed by atoms with Crippen LogP contribution in [-0.2, 0) is 28.9 Å². The zero-order chi connectivity index (χ0) is 45.7. The summed E-state index contributed by atoms with van der Waals surface area (Å²) in [6.07, 6.45) is 19.4. The lowest BCUT2D eigenvalue weighted by Crippen LogP contribution is -2.45. The van der Waals surface area contributed by atoms with Crippen LogP contribution in [0.25, 0.3) is 0 Å². The van der Waals surface area contributed by atoms with Crippen LogP contribution in [0.1, 0.15) is 154 Å². The second kappa shape index (κ2) is 20.9. The molecule has 0 saturated heterocycles. The normalized spacial score (nSPS) is 26.7. The van der Waals surface area contributed by atoms with E-state index in [0.717, 1.165) is 102 Å². The largest absolute Gasteiger partial charge is 0.508 e. The highest BCUT2D eigenvalue weighted by atomic mass is 16.5. The molecule has 6 aliphatic rings. The van der Waals surface area contributed by atoms with Crippen molar-refractivity contribution in [3.05, 3.63) is 111 Å². The third kappa shape index (κ3) is 10.6. The van der Waals surface area contributed by atoms with Gasteiger partial charge in [0.25, 0.3) is 0 Å². The molecule has 66 heavy (non-hydrogen) atoms. The number of aryl methyl sites for hydroxylation is 1. The van der Waals surface area contributed by atoms with Crippen molar-refractivity contribution >= 4 is 11.7 Å². The lowest BCUT2D eigenvalue weighted by molar-refractivity contribution is -0.114. The van der Waals surface area contributed by atoms with Crippen LogP contribution in [0.3, 0.4) is 0 Å². The molecule has 3 aromatic carbocycles. The summed E-state index contributed by atoms with van der Waals surface area (Å²) in [6.45, 7) is 3.13. The highest BCUT2D eigenvalue weighted by Gasteiger charge is 2.48. The zero-order valence-corrected chi connectivity index (χ0v) is 39.2. The first-order valence-corrected chi connectivity index (χ1v) is 25.2. The average molecular weight is 894 g/mol. The first-order valence-electron chi connectivity index (χ1n) is 25.2. The molecule has 0 spiro atoms. The van der Waals surface area contributed by atoms with Gasteiger partial charge in [-0.25, -0.2) is 4.99 Å². The van der Waals surface area contributed by atoms with E-state index in [2.05, 4.69) is 60.5 Å². The number of ketones is 1. The molecule has 9 heteroatoms. The van der Waals surface area contributed by atoms with Gasteiger partial charge in [0.15, 0.2) is 23.2 Å². The van der Waals surface area contributed by atoms with Gasteiger partial charge in [-0.1, -0.05) is 86.4 Å². The number of aliphatic hydroxyl groups is 1. The Kier molecular flexibility index (Phi) is 14.6. The van der Waals surface area contributed by atoms with Gasteiger partial charge >= 0.3 is 0 Å². The number of guanidine groups is 1. The Morgan fingerprint density at radius 2 is 1.77 bits per heavy atom. The number of benzene rings is 3. The van der Waals surface area contributed by atoms with Crippen molar-refractivity contribution in [2.45, 2.75) is 147 Å². The maximum Gasteiger partial charge on any atom is 0.189 e. The van der Waals surface area contributed by atoms with Gasteiger partial charge in [-0.05, 0) is 158 Å². The van der Waals surface area contributed by atoms with E-state index < -0.39 is 0 Å². The number of allylic oxidation sites excluding steroid dienone is 3. The lowest BCUT2D eigenvalue weighted by atomic mass is 9.55. The van der Waals surface area contributed by atoms with Crippen molar-refractivity contribution in [1.29, 1.82) is 0 Å². The molecule has 6 N–H and O–H groups in total. The molecule has 0 unspecified atom stereocenters. The van der Waals surface area contributed by atoms with Crippen molar-refractivity contribution < 1.29 is 29.6 Å². The minimum atomic E-state index is -0.187. The van der Waals surface area contributed by atoms with Gasteiger partial charge in [0, 0.05) is 49.0 Å². The van der Waals surface area contributed by atoms with Gasteiger partial charge in [-0.3, -0.25) is 4.79 Å². The number of ether oxygens (including phenoxy) is 2.